The topological polar surface area (TPSA) is 112 Å². The first-order valence-corrected chi connectivity index (χ1v) is 8.30. The number of nitrogens with zero attached hydrogens (tertiary/aromatic N) is 4. The number of primary amides is 1. The molecule has 0 aromatic heterocycles. The van der Waals surface area contributed by atoms with Gasteiger partial charge in [-0.1, -0.05) is 53.1 Å². The van der Waals surface area contributed by atoms with Gasteiger partial charge in [-0.05, 0) is 36.1 Å². The smallest absolute Gasteiger partial charge is 0.237 e. The number of para-hydroxylation sites is 1. The van der Waals surface area contributed by atoms with Crippen molar-refractivity contribution in [2.24, 2.45) is 10.8 Å². The molecule has 2 N–H and O–H groups in total. The molecule has 1 aliphatic heterocycles. The zero-order valence-electron chi connectivity index (χ0n) is 14.4. The van der Waals surface area contributed by atoms with Crippen LogP contribution in [-0.2, 0) is 9.59 Å². The Balaban J connectivity index is 2.17. The summed E-state index contributed by atoms with van der Waals surface area (Å²) in [5, 5.41) is 3.70. The van der Waals surface area contributed by atoms with Crippen molar-refractivity contribution in [3.8, 4) is 0 Å². The predicted octanol–water partition coefficient (Wildman–Crippen LogP) is 3.03. The Morgan fingerprint density at radius 3 is 2.62 bits per heavy atom. The van der Waals surface area contributed by atoms with Crippen molar-refractivity contribution in [1.82, 2.24) is 0 Å². The molecule has 2 aromatic rings. The summed E-state index contributed by atoms with van der Waals surface area (Å²) in [5.74, 6) is -1.17. The first-order valence-electron chi connectivity index (χ1n) is 8.30. The monoisotopic (exact) mass is 349 g/mol. The van der Waals surface area contributed by atoms with Crippen LogP contribution >= 0.6 is 0 Å². The van der Waals surface area contributed by atoms with E-state index in [0.717, 1.165) is 16.7 Å². The Labute approximate surface area is 151 Å². The lowest BCUT2D eigenvalue weighted by Crippen LogP contribution is -2.42. The van der Waals surface area contributed by atoms with Gasteiger partial charge in [-0.3, -0.25) is 9.59 Å². The molecule has 26 heavy (non-hydrogen) atoms. The number of hydrogen-bond acceptors (Lipinski definition) is 3. The zero-order chi connectivity index (χ0) is 18.7. The van der Waals surface area contributed by atoms with E-state index in [1.165, 1.54) is 4.90 Å². The van der Waals surface area contributed by atoms with Crippen molar-refractivity contribution >= 4 is 17.5 Å². The molecule has 3 rings (SSSR count). The van der Waals surface area contributed by atoms with Crippen LogP contribution in [0.5, 0.6) is 0 Å². The normalized spacial score (nSPS) is 19.3. The van der Waals surface area contributed by atoms with Gasteiger partial charge >= 0.3 is 0 Å². The summed E-state index contributed by atoms with van der Waals surface area (Å²) >= 11 is 0. The van der Waals surface area contributed by atoms with Gasteiger partial charge in [0.15, 0.2) is 0 Å². The van der Waals surface area contributed by atoms with Crippen LogP contribution in [0.1, 0.15) is 29.0 Å². The molecule has 0 radical (unpaired) electrons. The summed E-state index contributed by atoms with van der Waals surface area (Å²) in [6.45, 7) is 1.75. The van der Waals surface area contributed by atoms with E-state index in [9.17, 15) is 9.59 Å². The van der Waals surface area contributed by atoms with Crippen molar-refractivity contribution in [2.75, 3.05) is 11.4 Å². The summed E-state index contributed by atoms with van der Waals surface area (Å²) < 4.78 is 0. The molecule has 0 saturated carbocycles. The van der Waals surface area contributed by atoms with Gasteiger partial charge in [0.2, 0.25) is 11.8 Å². The van der Waals surface area contributed by atoms with Gasteiger partial charge in [-0.2, -0.15) is 0 Å². The van der Waals surface area contributed by atoms with E-state index in [0.29, 0.717) is 12.1 Å². The second-order valence-corrected chi connectivity index (χ2v) is 6.37. The fourth-order valence-corrected chi connectivity index (χ4v) is 3.37. The number of carbonyl (C=O) groups is 2. The highest BCUT2D eigenvalue weighted by atomic mass is 16.2. The predicted molar refractivity (Wildman–Crippen MR) is 98.6 cm³/mol. The van der Waals surface area contributed by atoms with Gasteiger partial charge in [0.25, 0.3) is 0 Å². The van der Waals surface area contributed by atoms with Crippen LogP contribution in [0, 0.1) is 6.92 Å². The SMILES string of the molecule is Cc1ccc(C2CC(N=[N+]=[N-])C(=O)N(CC(N)=O)c3ccccc32)cc1. The first kappa shape index (κ1) is 17.5. The molecule has 2 amide bonds. The summed E-state index contributed by atoms with van der Waals surface area (Å²) in [6.07, 6.45) is 0.332. The molecular weight excluding hydrogens is 330 g/mol. The van der Waals surface area contributed by atoms with E-state index in [1.54, 1.807) is 12.1 Å². The van der Waals surface area contributed by atoms with Crippen LogP contribution in [0.15, 0.2) is 53.6 Å². The highest BCUT2D eigenvalue weighted by molar-refractivity contribution is 6.02. The fraction of sp³-hybridized carbons (Fsp3) is 0.263. The van der Waals surface area contributed by atoms with Crippen molar-refractivity contribution in [1.29, 1.82) is 0 Å². The van der Waals surface area contributed by atoms with Crippen LogP contribution in [0.25, 0.3) is 10.4 Å². The number of anilines is 1. The third kappa shape index (κ3) is 3.38. The lowest BCUT2D eigenvalue weighted by molar-refractivity contribution is -0.123. The Morgan fingerprint density at radius 1 is 1.27 bits per heavy atom. The minimum atomic E-state index is -0.905. The minimum absolute atomic E-state index is 0.135. The summed E-state index contributed by atoms with van der Waals surface area (Å²) in [7, 11) is 0. The average molecular weight is 349 g/mol. The Kier molecular flexibility index (Phi) is 4.91. The Morgan fingerprint density at radius 2 is 1.96 bits per heavy atom. The van der Waals surface area contributed by atoms with Crippen LogP contribution < -0.4 is 10.6 Å². The highest BCUT2D eigenvalue weighted by Crippen LogP contribution is 2.39. The maximum absolute atomic E-state index is 12.9. The number of rotatable bonds is 4. The number of carbonyl (C=O) groups excluding carboxylic acids is 2. The molecule has 7 heteroatoms. The largest absolute Gasteiger partial charge is 0.368 e. The molecule has 2 unspecified atom stereocenters. The molecule has 0 bridgehead atoms. The van der Waals surface area contributed by atoms with Crippen molar-refractivity contribution in [3.05, 3.63) is 75.7 Å². The van der Waals surface area contributed by atoms with Crippen molar-refractivity contribution < 1.29 is 9.59 Å². The van der Waals surface area contributed by atoms with Crippen LogP contribution in [-0.4, -0.2) is 24.4 Å². The molecule has 0 spiro atoms. The van der Waals surface area contributed by atoms with E-state index in [2.05, 4.69) is 10.0 Å². The summed E-state index contributed by atoms with van der Waals surface area (Å²) in [4.78, 5) is 28.6. The summed E-state index contributed by atoms with van der Waals surface area (Å²) in [6, 6.07) is 14.5. The Bertz CT molecular complexity index is 887. The molecule has 132 valence electrons. The standard InChI is InChI=1S/C19H19N5O2/c1-12-6-8-13(9-7-12)15-10-16(22-23-21)19(26)24(11-18(20)25)17-5-3-2-4-14(15)17/h2-9,15-16H,10-11H2,1H3,(H2,20,25). The first-order chi connectivity index (χ1) is 12.5. The molecule has 0 fully saturated rings. The van der Waals surface area contributed by atoms with Gasteiger partial charge in [0.05, 0.1) is 0 Å². The van der Waals surface area contributed by atoms with Crippen molar-refractivity contribution in [2.45, 2.75) is 25.3 Å². The number of aryl methyl sites for hydroxylation is 1. The van der Waals surface area contributed by atoms with Gasteiger partial charge in [0.1, 0.15) is 12.6 Å². The number of amides is 2. The highest BCUT2D eigenvalue weighted by Gasteiger charge is 2.35. The maximum atomic E-state index is 12.9. The molecule has 1 aliphatic rings. The van der Waals surface area contributed by atoms with Crippen molar-refractivity contribution in [3.63, 3.8) is 0 Å². The van der Waals surface area contributed by atoms with E-state index in [1.807, 2.05) is 43.3 Å². The molecule has 7 nitrogen and oxygen atoms in total. The number of hydrogen-bond donors (Lipinski definition) is 1. The number of azide groups is 1. The second-order valence-electron chi connectivity index (χ2n) is 6.37. The number of fused-ring (bicyclic) bond motifs is 1. The molecule has 0 aliphatic carbocycles. The molecule has 2 aromatic carbocycles. The average Bonchev–Trinajstić information content (AvgIpc) is 2.73. The second kappa shape index (κ2) is 7.29. The Hall–Kier alpha value is -3.31. The number of nitrogens with two attached hydrogens (primary N) is 1. The maximum Gasteiger partial charge on any atom is 0.237 e. The van der Waals surface area contributed by atoms with Gasteiger partial charge in [-0.15, -0.1) is 0 Å². The van der Waals surface area contributed by atoms with E-state index in [4.69, 9.17) is 11.3 Å². The van der Waals surface area contributed by atoms with E-state index in [-0.39, 0.29) is 12.5 Å². The molecule has 2 atom stereocenters. The van der Waals surface area contributed by atoms with Gasteiger partial charge < -0.3 is 10.6 Å². The minimum Gasteiger partial charge on any atom is -0.368 e. The lowest BCUT2D eigenvalue weighted by atomic mass is 9.86. The lowest BCUT2D eigenvalue weighted by Gasteiger charge is -2.23. The zero-order valence-corrected chi connectivity index (χ0v) is 14.4. The van der Waals surface area contributed by atoms with E-state index < -0.39 is 17.9 Å². The van der Waals surface area contributed by atoms with Crippen LogP contribution in [0.4, 0.5) is 5.69 Å². The molecule has 0 saturated heterocycles. The molecular formula is C19H19N5O2. The third-order valence-electron chi connectivity index (χ3n) is 4.60. The number of benzene rings is 2. The van der Waals surface area contributed by atoms with Gasteiger partial charge in [-0.25, -0.2) is 0 Å². The molecule has 1 heterocycles. The third-order valence-corrected chi connectivity index (χ3v) is 4.60. The van der Waals surface area contributed by atoms with E-state index >= 15 is 0 Å². The van der Waals surface area contributed by atoms with Gasteiger partial charge in [0, 0.05) is 16.5 Å². The quantitative estimate of drug-likeness (QED) is 0.519. The fourth-order valence-electron chi connectivity index (χ4n) is 3.37. The summed E-state index contributed by atoms with van der Waals surface area (Å²) in [5.41, 5.74) is 17.9. The van der Waals surface area contributed by atoms with Crippen LogP contribution in [0.3, 0.4) is 0 Å². The van der Waals surface area contributed by atoms with Crippen LogP contribution in [0.2, 0.25) is 0 Å².